The lowest BCUT2D eigenvalue weighted by Gasteiger charge is -2.41. The first-order valence-electron chi connectivity index (χ1n) is 14.5. The van der Waals surface area contributed by atoms with E-state index >= 15 is 0 Å². The van der Waals surface area contributed by atoms with Crippen LogP contribution in [0.1, 0.15) is 58.3 Å². The molecule has 1 aliphatic rings. The lowest BCUT2D eigenvalue weighted by molar-refractivity contribution is -0.231. The SMILES string of the molecule is Cc1ccc(COP(O)n2nc(CN3CCO[C@H](O[C@H](C)c4cc(C(F)(F)F)cc(C(F)(F)F)c4)[C@@H]3c3ccc(F)cc3)[nH]c2=O)cc1. The van der Waals surface area contributed by atoms with Crippen molar-refractivity contribution < 1.29 is 49.6 Å². The number of hydrogen-bond donors (Lipinski definition) is 2. The molecule has 0 bridgehead atoms. The van der Waals surface area contributed by atoms with Gasteiger partial charge in [-0.3, -0.25) is 9.88 Å². The zero-order chi connectivity index (χ0) is 34.8. The number of nitrogens with zero attached hydrogens (tertiary/aromatic N) is 3. The van der Waals surface area contributed by atoms with E-state index in [-0.39, 0.29) is 43.8 Å². The molecule has 0 saturated carbocycles. The standard InChI is InChI=1S/C31H30F7N4O5P/c1-18-3-5-20(6-4-18)17-46-48(44)42-29(43)39-26(40-42)16-41-11-12-45-28(27(41)21-7-9-25(32)10-8-21)47-19(2)22-13-23(30(33,34)35)15-24(14-22)31(36,37)38/h3-10,13-15,19,27-28,44H,11-12,16-17H2,1-2H3,(H,39,40,43)/t19-,27+,28-,48?/m1/s1. The second-order valence-electron chi connectivity index (χ2n) is 11.1. The van der Waals surface area contributed by atoms with E-state index in [4.69, 9.17) is 14.0 Å². The fourth-order valence-electron chi connectivity index (χ4n) is 5.11. The van der Waals surface area contributed by atoms with Crippen LogP contribution in [0.2, 0.25) is 0 Å². The largest absolute Gasteiger partial charge is 0.416 e. The van der Waals surface area contributed by atoms with Crippen molar-refractivity contribution in [1.82, 2.24) is 19.4 Å². The summed E-state index contributed by atoms with van der Waals surface area (Å²) in [4.78, 5) is 27.5. The summed E-state index contributed by atoms with van der Waals surface area (Å²) in [6, 6.07) is 12.9. The molecule has 1 aromatic heterocycles. The van der Waals surface area contributed by atoms with Crippen molar-refractivity contribution in [2.45, 2.75) is 57.8 Å². The number of alkyl halides is 6. The highest BCUT2D eigenvalue weighted by molar-refractivity contribution is 7.44. The molecule has 258 valence electrons. The Balaban J connectivity index is 1.38. The van der Waals surface area contributed by atoms with Crippen molar-refractivity contribution in [3.63, 3.8) is 0 Å². The summed E-state index contributed by atoms with van der Waals surface area (Å²) in [6.07, 6.45) is -12.7. The van der Waals surface area contributed by atoms with Crippen LogP contribution in [0.25, 0.3) is 0 Å². The van der Waals surface area contributed by atoms with Crippen LogP contribution in [0, 0.1) is 12.7 Å². The summed E-state index contributed by atoms with van der Waals surface area (Å²) in [5.41, 5.74) is -1.87. The Kier molecular flexibility index (Phi) is 10.7. The molecule has 1 saturated heterocycles. The van der Waals surface area contributed by atoms with E-state index in [1.54, 1.807) is 4.90 Å². The van der Waals surface area contributed by atoms with Gasteiger partial charge in [-0.15, -0.1) is 9.55 Å². The third-order valence-corrected chi connectivity index (χ3v) is 8.53. The maximum Gasteiger partial charge on any atom is 0.416 e. The maximum absolute atomic E-state index is 13.9. The number of H-pyrrole nitrogens is 1. The molecular formula is C31H30F7N4O5P. The second kappa shape index (κ2) is 14.4. The fraction of sp³-hybridized carbons (Fsp3) is 0.355. The summed E-state index contributed by atoms with van der Waals surface area (Å²) in [6.45, 7) is 3.39. The second-order valence-corrected chi connectivity index (χ2v) is 12.2. The van der Waals surface area contributed by atoms with Crippen molar-refractivity contribution in [3.05, 3.63) is 122 Å². The van der Waals surface area contributed by atoms with Crippen LogP contribution >= 0.6 is 8.53 Å². The van der Waals surface area contributed by atoms with Gasteiger partial charge >= 0.3 is 26.6 Å². The molecule has 2 N–H and O–H groups in total. The van der Waals surface area contributed by atoms with Crippen molar-refractivity contribution in [3.8, 4) is 0 Å². The van der Waals surface area contributed by atoms with E-state index in [0.717, 1.165) is 15.6 Å². The Hall–Kier alpha value is -3.66. The molecule has 5 rings (SSSR count). The van der Waals surface area contributed by atoms with E-state index in [9.17, 15) is 40.4 Å². The number of halogens is 7. The molecule has 1 fully saturated rings. The monoisotopic (exact) mass is 702 g/mol. The number of benzene rings is 3. The Labute approximate surface area is 270 Å². The van der Waals surface area contributed by atoms with Gasteiger partial charge < -0.3 is 18.9 Å². The molecule has 1 unspecified atom stereocenters. The number of aromatic nitrogens is 3. The number of ether oxygens (including phenoxy) is 2. The van der Waals surface area contributed by atoms with Crippen LogP contribution < -0.4 is 5.69 Å². The Morgan fingerprint density at radius 1 is 1.02 bits per heavy atom. The van der Waals surface area contributed by atoms with Gasteiger partial charge in [0.05, 0.1) is 43.0 Å². The molecule has 2 heterocycles. The third kappa shape index (κ3) is 8.67. The minimum atomic E-state index is -5.05. The lowest BCUT2D eigenvalue weighted by atomic mass is 10.0. The van der Waals surface area contributed by atoms with Gasteiger partial charge in [0.15, 0.2) is 6.29 Å². The van der Waals surface area contributed by atoms with Crippen LogP contribution in [0.5, 0.6) is 0 Å². The van der Waals surface area contributed by atoms with Gasteiger partial charge in [0, 0.05) is 6.54 Å². The smallest absolute Gasteiger partial charge is 0.349 e. The molecule has 9 nitrogen and oxygen atoms in total. The van der Waals surface area contributed by atoms with Crippen LogP contribution in [0.3, 0.4) is 0 Å². The van der Waals surface area contributed by atoms with Crippen LogP contribution in [0.15, 0.2) is 71.5 Å². The molecule has 4 aromatic rings. The summed E-state index contributed by atoms with van der Waals surface area (Å²) in [5.74, 6) is -0.449. The van der Waals surface area contributed by atoms with Crippen LogP contribution in [-0.4, -0.2) is 43.8 Å². The number of aromatic amines is 1. The van der Waals surface area contributed by atoms with Crippen molar-refractivity contribution in [2.75, 3.05) is 13.2 Å². The van der Waals surface area contributed by atoms with E-state index in [1.807, 2.05) is 31.2 Å². The molecule has 1 aliphatic heterocycles. The highest BCUT2D eigenvalue weighted by atomic mass is 31.2. The normalized spacial score (nSPS) is 19.0. The van der Waals surface area contributed by atoms with Gasteiger partial charge in [0.25, 0.3) is 0 Å². The van der Waals surface area contributed by atoms with Crippen LogP contribution in [-0.2, 0) is 39.5 Å². The summed E-state index contributed by atoms with van der Waals surface area (Å²) in [5, 5.41) is 4.18. The number of rotatable bonds is 10. The summed E-state index contributed by atoms with van der Waals surface area (Å²) >= 11 is 0. The van der Waals surface area contributed by atoms with E-state index in [0.29, 0.717) is 17.7 Å². The molecular weight excluding hydrogens is 672 g/mol. The summed E-state index contributed by atoms with van der Waals surface area (Å²) < 4.78 is 113. The molecule has 0 amide bonds. The van der Waals surface area contributed by atoms with Gasteiger partial charge in [-0.1, -0.05) is 42.0 Å². The highest BCUT2D eigenvalue weighted by Crippen LogP contribution is 2.40. The van der Waals surface area contributed by atoms with Gasteiger partial charge in [-0.05, 0) is 60.9 Å². The third-order valence-electron chi connectivity index (χ3n) is 7.57. The average molecular weight is 703 g/mol. The van der Waals surface area contributed by atoms with Crippen molar-refractivity contribution >= 4 is 8.53 Å². The zero-order valence-corrected chi connectivity index (χ0v) is 26.3. The van der Waals surface area contributed by atoms with Gasteiger partial charge in [-0.2, -0.15) is 26.3 Å². The lowest BCUT2D eigenvalue weighted by Crippen LogP contribution is -2.46. The highest BCUT2D eigenvalue weighted by Gasteiger charge is 2.39. The fourth-order valence-corrected chi connectivity index (χ4v) is 5.87. The predicted molar refractivity (Wildman–Crippen MR) is 159 cm³/mol. The number of nitrogens with one attached hydrogen (secondary N) is 1. The average Bonchev–Trinajstić information content (AvgIpc) is 3.40. The van der Waals surface area contributed by atoms with E-state index in [2.05, 4.69) is 10.1 Å². The quantitative estimate of drug-likeness (QED) is 0.135. The molecule has 17 heteroatoms. The number of morpholine rings is 1. The van der Waals surface area contributed by atoms with Crippen molar-refractivity contribution in [2.24, 2.45) is 0 Å². The Morgan fingerprint density at radius 2 is 1.65 bits per heavy atom. The molecule has 4 atom stereocenters. The summed E-state index contributed by atoms with van der Waals surface area (Å²) in [7, 11) is -2.47. The van der Waals surface area contributed by atoms with E-state index < -0.39 is 61.9 Å². The minimum Gasteiger partial charge on any atom is -0.349 e. The minimum absolute atomic E-state index is 0.0146. The van der Waals surface area contributed by atoms with Crippen molar-refractivity contribution in [1.29, 1.82) is 0 Å². The first-order valence-corrected chi connectivity index (χ1v) is 15.7. The molecule has 0 radical (unpaired) electrons. The zero-order valence-electron chi connectivity index (χ0n) is 25.4. The maximum atomic E-state index is 13.9. The first kappa shape index (κ1) is 35.6. The van der Waals surface area contributed by atoms with Gasteiger partial charge in [0.1, 0.15) is 11.6 Å². The topological polar surface area (TPSA) is 102 Å². The molecule has 48 heavy (non-hydrogen) atoms. The number of aryl methyl sites for hydroxylation is 1. The Morgan fingerprint density at radius 3 is 2.25 bits per heavy atom. The molecule has 3 aromatic carbocycles. The molecule has 0 aliphatic carbocycles. The predicted octanol–water partition coefficient (Wildman–Crippen LogP) is 7.02. The molecule has 0 spiro atoms. The number of hydrogen-bond acceptors (Lipinski definition) is 7. The van der Waals surface area contributed by atoms with Crippen LogP contribution in [0.4, 0.5) is 30.7 Å². The van der Waals surface area contributed by atoms with Gasteiger partial charge in [-0.25, -0.2) is 9.18 Å². The first-order chi connectivity index (χ1) is 22.6. The van der Waals surface area contributed by atoms with Gasteiger partial charge in [0.2, 0.25) is 0 Å². The van der Waals surface area contributed by atoms with E-state index in [1.165, 1.54) is 31.2 Å². The Bertz CT molecular complexity index is 1710.